The summed E-state index contributed by atoms with van der Waals surface area (Å²) in [5.74, 6) is 1.46. The number of rotatable bonds is 6. The third-order valence-corrected chi connectivity index (χ3v) is 3.69. The Hall–Kier alpha value is -2.63. The predicted molar refractivity (Wildman–Crippen MR) is 88.3 cm³/mol. The molecule has 3 rings (SSSR count). The van der Waals surface area contributed by atoms with Gasteiger partial charge in [-0.2, -0.15) is 0 Å². The van der Waals surface area contributed by atoms with Crippen LogP contribution in [0.15, 0.2) is 36.7 Å². The van der Waals surface area contributed by atoms with Gasteiger partial charge in [-0.25, -0.2) is 4.98 Å². The maximum Gasteiger partial charge on any atom is 0.228 e. The minimum Gasteiger partial charge on any atom is -0.367 e. The van der Waals surface area contributed by atoms with Crippen LogP contribution in [0, 0.1) is 0 Å². The summed E-state index contributed by atoms with van der Waals surface area (Å²) >= 11 is 0. The second kappa shape index (κ2) is 6.43. The molecule has 114 valence electrons. The fourth-order valence-corrected chi connectivity index (χ4v) is 2.39. The van der Waals surface area contributed by atoms with Crippen molar-refractivity contribution >= 4 is 17.4 Å². The van der Waals surface area contributed by atoms with Crippen molar-refractivity contribution in [1.82, 2.24) is 19.6 Å². The summed E-state index contributed by atoms with van der Waals surface area (Å²) in [6.07, 6.45) is 5.61. The molecular formula is C16H20N6. The average Bonchev–Trinajstić information content (AvgIpc) is 2.99. The lowest BCUT2D eigenvalue weighted by molar-refractivity contribution is 0.994. The van der Waals surface area contributed by atoms with Gasteiger partial charge in [0.1, 0.15) is 0 Å². The fourth-order valence-electron chi connectivity index (χ4n) is 2.39. The van der Waals surface area contributed by atoms with Gasteiger partial charge in [0.15, 0.2) is 5.82 Å². The predicted octanol–water partition coefficient (Wildman–Crippen LogP) is 2.38. The number of aromatic nitrogens is 4. The van der Waals surface area contributed by atoms with Gasteiger partial charge in [0.25, 0.3) is 0 Å². The van der Waals surface area contributed by atoms with Crippen molar-refractivity contribution in [2.24, 2.45) is 0 Å². The van der Waals surface area contributed by atoms with Crippen molar-refractivity contribution < 1.29 is 0 Å². The Labute approximate surface area is 129 Å². The van der Waals surface area contributed by atoms with Gasteiger partial charge in [-0.3, -0.25) is 4.40 Å². The summed E-state index contributed by atoms with van der Waals surface area (Å²) in [6.45, 7) is 2.97. The van der Waals surface area contributed by atoms with E-state index in [1.807, 2.05) is 17.6 Å². The Balaban J connectivity index is 1.67. The number of nitrogens with zero attached hydrogens (tertiary/aromatic N) is 4. The second-order valence-corrected chi connectivity index (χ2v) is 5.09. The average molecular weight is 296 g/mol. The van der Waals surface area contributed by atoms with Gasteiger partial charge in [0.05, 0.1) is 0 Å². The smallest absolute Gasteiger partial charge is 0.228 e. The minimum absolute atomic E-state index is 0.704. The first-order chi connectivity index (χ1) is 10.8. The number of hydrogen-bond acceptors (Lipinski definition) is 5. The lowest BCUT2D eigenvalue weighted by Gasteiger charge is -2.07. The van der Waals surface area contributed by atoms with Gasteiger partial charge in [-0.05, 0) is 24.0 Å². The number of hydrogen-bond donors (Lipinski definition) is 2. The summed E-state index contributed by atoms with van der Waals surface area (Å²) in [5.41, 5.74) is 3.41. The lowest BCUT2D eigenvalue weighted by Crippen LogP contribution is -2.08. The molecule has 22 heavy (non-hydrogen) atoms. The quantitative estimate of drug-likeness (QED) is 0.731. The topological polar surface area (TPSA) is 67.1 Å². The molecule has 0 saturated heterocycles. The van der Waals surface area contributed by atoms with E-state index in [-0.39, 0.29) is 0 Å². The van der Waals surface area contributed by atoms with E-state index in [2.05, 4.69) is 57.0 Å². The van der Waals surface area contributed by atoms with E-state index in [1.54, 1.807) is 6.20 Å². The molecule has 2 heterocycles. The lowest BCUT2D eigenvalue weighted by atomic mass is 10.1. The van der Waals surface area contributed by atoms with Gasteiger partial charge in [0, 0.05) is 26.0 Å². The Morgan fingerprint density at radius 2 is 1.86 bits per heavy atom. The van der Waals surface area contributed by atoms with Crippen LogP contribution in [0.3, 0.4) is 0 Å². The Morgan fingerprint density at radius 3 is 2.59 bits per heavy atom. The van der Waals surface area contributed by atoms with Crippen molar-refractivity contribution in [3.8, 4) is 0 Å². The molecule has 6 heteroatoms. The highest BCUT2D eigenvalue weighted by molar-refractivity contribution is 5.64. The minimum atomic E-state index is 0.704. The molecule has 0 aliphatic rings. The molecular weight excluding hydrogens is 276 g/mol. The monoisotopic (exact) mass is 296 g/mol. The van der Waals surface area contributed by atoms with Gasteiger partial charge in [-0.15, -0.1) is 10.2 Å². The summed E-state index contributed by atoms with van der Waals surface area (Å²) in [4.78, 5) is 4.35. The molecule has 0 spiro atoms. The van der Waals surface area contributed by atoms with Gasteiger partial charge >= 0.3 is 0 Å². The van der Waals surface area contributed by atoms with E-state index in [1.165, 1.54) is 11.1 Å². The zero-order valence-corrected chi connectivity index (χ0v) is 12.9. The summed E-state index contributed by atoms with van der Waals surface area (Å²) in [7, 11) is 1.82. The molecule has 2 aromatic heterocycles. The van der Waals surface area contributed by atoms with Crippen molar-refractivity contribution in [1.29, 1.82) is 0 Å². The molecule has 0 bridgehead atoms. The number of nitrogens with one attached hydrogen (secondary N) is 2. The maximum absolute atomic E-state index is 4.35. The summed E-state index contributed by atoms with van der Waals surface area (Å²) < 4.78 is 1.88. The molecule has 2 N–H and O–H groups in total. The standard InChI is InChI=1S/C16H20N6/c1-3-12-4-6-13(7-5-12)8-9-18-14-15-20-21-16(17-2)22(15)11-10-19-14/h4-7,10-11H,3,8-9H2,1-2H3,(H,17,21)(H,18,19). The number of aryl methyl sites for hydroxylation is 1. The first kappa shape index (κ1) is 14.3. The van der Waals surface area contributed by atoms with E-state index >= 15 is 0 Å². The van der Waals surface area contributed by atoms with Crippen LogP contribution in [0.5, 0.6) is 0 Å². The van der Waals surface area contributed by atoms with E-state index in [0.29, 0.717) is 5.95 Å². The van der Waals surface area contributed by atoms with Gasteiger partial charge in [0.2, 0.25) is 11.6 Å². The van der Waals surface area contributed by atoms with Crippen LogP contribution in [0.4, 0.5) is 11.8 Å². The number of fused-ring (bicyclic) bond motifs is 1. The molecule has 0 fully saturated rings. The normalized spacial score (nSPS) is 10.8. The summed E-state index contributed by atoms with van der Waals surface area (Å²) in [6, 6.07) is 8.74. The van der Waals surface area contributed by atoms with Crippen molar-refractivity contribution in [2.75, 3.05) is 24.2 Å². The highest BCUT2D eigenvalue weighted by Gasteiger charge is 2.08. The van der Waals surface area contributed by atoms with Crippen LogP contribution in [0.2, 0.25) is 0 Å². The molecule has 0 aliphatic carbocycles. The molecule has 1 aromatic carbocycles. The fraction of sp³-hybridized carbons (Fsp3) is 0.312. The number of benzene rings is 1. The molecule has 0 unspecified atom stereocenters. The summed E-state index contributed by atoms with van der Waals surface area (Å²) in [5, 5.41) is 14.6. The molecule has 0 aliphatic heterocycles. The Bertz CT molecular complexity index is 747. The van der Waals surface area contributed by atoms with Crippen LogP contribution >= 0.6 is 0 Å². The van der Waals surface area contributed by atoms with E-state index in [0.717, 1.165) is 30.9 Å². The zero-order chi connectivity index (χ0) is 15.4. The molecule has 6 nitrogen and oxygen atoms in total. The first-order valence-electron chi connectivity index (χ1n) is 7.51. The van der Waals surface area contributed by atoms with Crippen molar-refractivity contribution in [2.45, 2.75) is 19.8 Å². The van der Waals surface area contributed by atoms with Crippen LogP contribution in [0.1, 0.15) is 18.1 Å². The van der Waals surface area contributed by atoms with Crippen LogP contribution in [0.25, 0.3) is 5.65 Å². The largest absolute Gasteiger partial charge is 0.367 e. The van der Waals surface area contributed by atoms with Crippen LogP contribution in [-0.4, -0.2) is 33.2 Å². The Morgan fingerprint density at radius 1 is 1.09 bits per heavy atom. The molecule has 3 aromatic rings. The van der Waals surface area contributed by atoms with Crippen molar-refractivity contribution in [3.63, 3.8) is 0 Å². The zero-order valence-electron chi connectivity index (χ0n) is 12.9. The third-order valence-electron chi connectivity index (χ3n) is 3.69. The maximum atomic E-state index is 4.35. The molecule has 0 saturated carbocycles. The SMILES string of the molecule is CCc1ccc(CCNc2nccn3c(NC)nnc23)cc1. The first-order valence-corrected chi connectivity index (χ1v) is 7.51. The number of anilines is 2. The second-order valence-electron chi connectivity index (χ2n) is 5.09. The van der Waals surface area contributed by atoms with Crippen LogP contribution < -0.4 is 10.6 Å². The van der Waals surface area contributed by atoms with Crippen LogP contribution in [-0.2, 0) is 12.8 Å². The molecule has 0 atom stereocenters. The van der Waals surface area contributed by atoms with Crippen molar-refractivity contribution in [3.05, 3.63) is 47.8 Å². The highest BCUT2D eigenvalue weighted by atomic mass is 15.3. The van der Waals surface area contributed by atoms with E-state index in [9.17, 15) is 0 Å². The third kappa shape index (κ3) is 2.86. The molecule has 0 amide bonds. The van der Waals surface area contributed by atoms with E-state index in [4.69, 9.17) is 0 Å². The van der Waals surface area contributed by atoms with E-state index < -0.39 is 0 Å². The highest BCUT2D eigenvalue weighted by Crippen LogP contribution is 2.14. The molecule has 0 radical (unpaired) electrons. The Kier molecular flexibility index (Phi) is 4.18. The van der Waals surface area contributed by atoms with Gasteiger partial charge < -0.3 is 10.6 Å². The van der Waals surface area contributed by atoms with Gasteiger partial charge in [-0.1, -0.05) is 31.2 Å².